The number of nitrogens with zero attached hydrogens (tertiary/aromatic N) is 1. The van der Waals surface area contributed by atoms with Gasteiger partial charge in [-0.1, -0.05) is 0 Å². The van der Waals surface area contributed by atoms with Crippen molar-refractivity contribution in [3.05, 3.63) is 45.6 Å². The maximum absolute atomic E-state index is 12.4. The van der Waals surface area contributed by atoms with Crippen molar-refractivity contribution in [2.45, 2.75) is 18.7 Å². The van der Waals surface area contributed by atoms with Crippen LogP contribution in [-0.2, 0) is 10.0 Å². The van der Waals surface area contributed by atoms with Gasteiger partial charge in [0.1, 0.15) is 4.90 Å². The van der Waals surface area contributed by atoms with Crippen molar-refractivity contribution in [1.29, 1.82) is 0 Å². The van der Waals surface area contributed by atoms with Gasteiger partial charge in [0, 0.05) is 35.1 Å². The van der Waals surface area contributed by atoms with E-state index in [1.807, 2.05) is 6.92 Å². The van der Waals surface area contributed by atoms with Gasteiger partial charge in [0.2, 0.25) is 0 Å². The number of amides is 1. The van der Waals surface area contributed by atoms with Crippen LogP contribution in [0.5, 0.6) is 0 Å². The fourth-order valence-corrected chi connectivity index (χ4v) is 4.64. The highest BCUT2D eigenvalue weighted by molar-refractivity contribution is 7.93. The summed E-state index contributed by atoms with van der Waals surface area (Å²) in [5.41, 5.74) is 0.939. The zero-order chi connectivity index (χ0) is 16.5. The van der Waals surface area contributed by atoms with Crippen molar-refractivity contribution in [3.8, 4) is 0 Å². The first-order chi connectivity index (χ1) is 10.2. The van der Waals surface area contributed by atoms with E-state index in [2.05, 4.69) is 4.72 Å². The first kappa shape index (κ1) is 16.5. The van der Waals surface area contributed by atoms with Crippen molar-refractivity contribution in [1.82, 2.24) is 4.90 Å². The van der Waals surface area contributed by atoms with Crippen LogP contribution in [0.1, 0.15) is 20.1 Å². The molecule has 1 amide bonds. The molecule has 1 aromatic carbocycles. The largest absolute Gasteiger partial charge is 0.345 e. The molecular formula is C15H18N2O3S2. The summed E-state index contributed by atoms with van der Waals surface area (Å²) >= 11 is 1.45. The highest BCUT2D eigenvalue weighted by Gasteiger charge is 2.19. The molecule has 0 spiro atoms. The first-order valence-electron chi connectivity index (χ1n) is 6.62. The molecule has 0 aliphatic carbocycles. The zero-order valence-corrected chi connectivity index (χ0v) is 14.5. The maximum Gasteiger partial charge on any atom is 0.262 e. The quantitative estimate of drug-likeness (QED) is 0.932. The van der Waals surface area contributed by atoms with Crippen LogP contribution in [0.4, 0.5) is 5.69 Å². The van der Waals surface area contributed by atoms with E-state index in [-0.39, 0.29) is 5.91 Å². The number of hydrogen-bond acceptors (Lipinski definition) is 4. The fraction of sp³-hybridized carbons (Fsp3) is 0.267. The Morgan fingerprint density at radius 3 is 2.18 bits per heavy atom. The third-order valence-corrected chi connectivity index (χ3v) is 5.68. The second kappa shape index (κ2) is 6.10. The van der Waals surface area contributed by atoms with Gasteiger partial charge in [-0.2, -0.15) is 0 Å². The van der Waals surface area contributed by atoms with Crippen LogP contribution < -0.4 is 4.72 Å². The summed E-state index contributed by atoms with van der Waals surface area (Å²) in [5, 5.41) is 0. The summed E-state index contributed by atoms with van der Waals surface area (Å²) in [5.74, 6) is -0.126. The monoisotopic (exact) mass is 338 g/mol. The number of carbonyl (C=O) groups is 1. The van der Waals surface area contributed by atoms with Gasteiger partial charge in [0.15, 0.2) is 0 Å². The Balaban J connectivity index is 2.24. The number of anilines is 1. The molecule has 0 aliphatic rings. The van der Waals surface area contributed by atoms with Crippen molar-refractivity contribution in [2.75, 3.05) is 18.8 Å². The molecule has 0 saturated heterocycles. The fourth-order valence-electron chi connectivity index (χ4n) is 2.02. The van der Waals surface area contributed by atoms with E-state index in [0.29, 0.717) is 16.1 Å². The van der Waals surface area contributed by atoms with Gasteiger partial charge in [-0.25, -0.2) is 8.42 Å². The minimum absolute atomic E-state index is 0.126. The molecule has 0 fully saturated rings. The van der Waals surface area contributed by atoms with Gasteiger partial charge in [-0.3, -0.25) is 9.52 Å². The lowest BCUT2D eigenvalue weighted by molar-refractivity contribution is 0.0827. The Bertz CT molecular complexity index is 791. The molecule has 22 heavy (non-hydrogen) atoms. The third kappa shape index (κ3) is 3.48. The van der Waals surface area contributed by atoms with Gasteiger partial charge in [-0.15, -0.1) is 11.3 Å². The predicted octanol–water partition coefficient (Wildman–Crippen LogP) is 2.87. The summed E-state index contributed by atoms with van der Waals surface area (Å²) in [7, 11) is -0.273. The summed E-state index contributed by atoms with van der Waals surface area (Å²) < 4.78 is 27.3. The highest BCUT2D eigenvalue weighted by Crippen LogP contribution is 2.26. The zero-order valence-electron chi connectivity index (χ0n) is 12.9. The third-order valence-electron chi connectivity index (χ3n) is 3.08. The molecule has 1 heterocycles. The lowest BCUT2D eigenvalue weighted by Crippen LogP contribution is -2.21. The lowest BCUT2D eigenvalue weighted by Gasteiger charge is -2.11. The summed E-state index contributed by atoms with van der Waals surface area (Å²) in [6, 6.07) is 8.04. The van der Waals surface area contributed by atoms with E-state index < -0.39 is 10.0 Å². The molecule has 1 N–H and O–H groups in total. The first-order valence-corrected chi connectivity index (χ1v) is 8.92. The van der Waals surface area contributed by atoms with E-state index in [0.717, 1.165) is 9.75 Å². The second-order valence-electron chi connectivity index (χ2n) is 5.16. The summed E-state index contributed by atoms with van der Waals surface area (Å²) in [6.07, 6.45) is 0. The Hall–Kier alpha value is -1.86. The number of hydrogen-bond donors (Lipinski definition) is 1. The highest BCUT2D eigenvalue weighted by atomic mass is 32.2. The normalized spacial score (nSPS) is 11.3. The van der Waals surface area contributed by atoms with Crippen LogP contribution in [0, 0.1) is 13.8 Å². The van der Waals surface area contributed by atoms with Gasteiger partial charge in [0.05, 0.1) is 0 Å². The molecule has 0 unspecified atom stereocenters. The second-order valence-corrected chi connectivity index (χ2v) is 8.27. The molecular weight excluding hydrogens is 320 g/mol. The van der Waals surface area contributed by atoms with Gasteiger partial charge < -0.3 is 4.90 Å². The number of benzene rings is 1. The minimum Gasteiger partial charge on any atom is -0.345 e. The maximum atomic E-state index is 12.4. The molecule has 0 atom stereocenters. The number of sulfonamides is 1. The van der Waals surface area contributed by atoms with Crippen LogP contribution in [-0.4, -0.2) is 33.3 Å². The molecule has 2 rings (SSSR count). The number of thiophene rings is 1. The van der Waals surface area contributed by atoms with Crippen LogP contribution >= 0.6 is 11.3 Å². The van der Waals surface area contributed by atoms with Crippen molar-refractivity contribution < 1.29 is 13.2 Å². The molecule has 0 bridgehead atoms. The smallest absolute Gasteiger partial charge is 0.262 e. The average Bonchev–Trinajstić information content (AvgIpc) is 2.78. The molecule has 118 valence electrons. The molecule has 0 radical (unpaired) electrons. The minimum atomic E-state index is -3.61. The molecule has 1 aromatic heterocycles. The summed E-state index contributed by atoms with van der Waals surface area (Å²) in [6.45, 7) is 3.66. The van der Waals surface area contributed by atoms with Gasteiger partial charge in [0.25, 0.3) is 15.9 Å². The topological polar surface area (TPSA) is 66.5 Å². The molecule has 7 heteroatoms. The van der Waals surface area contributed by atoms with Crippen LogP contribution in [0.25, 0.3) is 0 Å². The Morgan fingerprint density at radius 2 is 1.73 bits per heavy atom. The van der Waals surface area contributed by atoms with Crippen LogP contribution in [0.3, 0.4) is 0 Å². The van der Waals surface area contributed by atoms with E-state index in [1.165, 1.54) is 16.2 Å². The van der Waals surface area contributed by atoms with E-state index >= 15 is 0 Å². The van der Waals surface area contributed by atoms with Gasteiger partial charge in [-0.05, 0) is 44.2 Å². The number of nitrogens with one attached hydrogen (secondary N) is 1. The number of carbonyl (C=O) groups excluding carboxylic acids is 1. The molecule has 5 nitrogen and oxygen atoms in total. The SMILES string of the molecule is Cc1cc(S(=O)(=O)Nc2ccc(C(=O)N(C)C)cc2)c(C)s1. The Kier molecular flexibility index (Phi) is 4.58. The average molecular weight is 338 g/mol. The molecule has 0 aliphatic heterocycles. The Labute approximate surface area is 134 Å². The van der Waals surface area contributed by atoms with E-state index in [1.54, 1.807) is 51.4 Å². The van der Waals surface area contributed by atoms with Crippen LogP contribution in [0.15, 0.2) is 35.2 Å². The number of rotatable bonds is 4. The summed E-state index contributed by atoms with van der Waals surface area (Å²) in [4.78, 5) is 15.3. The van der Waals surface area contributed by atoms with Crippen LogP contribution in [0.2, 0.25) is 0 Å². The molecule has 2 aromatic rings. The van der Waals surface area contributed by atoms with Gasteiger partial charge >= 0.3 is 0 Å². The standard InChI is InChI=1S/C15H18N2O3S2/c1-10-9-14(11(2)21-10)22(19,20)16-13-7-5-12(6-8-13)15(18)17(3)4/h5-9,16H,1-4H3. The molecule has 0 saturated carbocycles. The van der Waals surface area contributed by atoms with Crippen molar-refractivity contribution >= 4 is 33.0 Å². The predicted molar refractivity (Wildman–Crippen MR) is 89.1 cm³/mol. The van der Waals surface area contributed by atoms with Crippen molar-refractivity contribution in [2.24, 2.45) is 0 Å². The Morgan fingerprint density at radius 1 is 1.14 bits per heavy atom. The lowest BCUT2D eigenvalue weighted by atomic mass is 10.2. The van der Waals surface area contributed by atoms with E-state index in [9.17, 15) is 13.2 Å². The van der Waals surface area contributed by atoms with E-state index in [4.69, 9.17) is 0 Å². The number of aryl methyl sites for hydroxylation is 2. The van der Waals surface area contributed by atoms with Crippen molar-refractivity contribution in [3.63, 3.8) is 0 Å².